The van der Waals surface area contributed by atoms with Gasteiger partial charge in [-0.1, -0.05) is 23.7 Å². The molecular weight excluding hydrogens is 310 g/mol. The second-order valence-corrected chi connectivity index (χ2v) is 6.67. The van der Waals surface area contributed by atoms with Crippen molar-refractivity contribution in [2.24, 2.45) is 7.05 Å². The Morgan fingerprint density at radius 3 is 3.00 bits per heavy atom. The molecule has 0 spiro atoms. The van der Waals surface area contributed by atoms with E-state index < -0.39 is 0 Å². The second kappa shape index (κ2) is 7.20. The van der Waals surface area contributed by atoms with Crippen molar-refractivity contribution in [1.29, 1.82) is 0 Å². The van der Waals surface area contributed by atoms with Gasteiger partial charge in [-0.25, -0.2) is 0 Å². The van der Waals surface area contributed by atoms with Crippen molar-refractivity contribution >= 4 is 17.5 Å². The van der Waals surface area contributed by atoms with Gasteiger partial charge in [0, 0.05) is 37.7 Å². The summed E-state index contributed by atoms with van der Waals surface area (Å²) in [7, 11) is 2.07. The van der Waals surface area contributed by atoms with E-state index in [-0.39, 0.29) is 5.91 Å². The summed E-state index contributed by atoms with van der Waals surface area (Å²) in [6.45, 7) is 2.11. The summed E-state index contributed by atoms with van der Waals surface area (Å²) in [4.78, 5) is 13.6. The van der Waals surface area contributed by atoms with E-state index in [1.54, 1.807) is 0 Å². The van der Waals surface area contributed by atoms with Crippen molar-refractivity contribution in [2.75, 3.05) is 13.1 Å². The van der Waals surface area contributed by atoms with Gasteiger partial charge in [0.2, 0.25) is 0 Å². The van der Waals surface area contributed by atoms with Gasteiger partial charge < -0.3 is 14.8 Å². The van der Waals surface area contributed by atoms with E-state index in [2.05, 4.69) is 35.3 Å². The molecule has 122 valence electrons. The van der Waals surface area contributed by atoms with E-state index in [4.69, 9.17) is 11.6 Å². The Morgan fingerprint density at radius 2 is 2.26 bits per heavy atom. The molecule has 1 amide bonds. The molecular formula is C18H23ClN3O+. The fraction of sp³-hybridized carbons (Fsp3) is 0.389. The van der Waals surface area contributed by atoms with Gasteiger partial charge in [-0.3, -0.25) is 4.79 Å². The van der Waals surface area contributed by atoms with Crippen molar-refractivity contribution in [2.45, 2.75) is 25.4 Å². The first-order valence-electron chi connectivity index (χ1n) is 8.10. The molecule has 1 fully saturated rings. The maximum absolute atomic E-state index is 12.3. The SMILES string of the molecule is Cn1cccc1[C@H]1CCC[NH+]1CC(=O)NCc1cccc(Cl)c1. The summed E-state index contributed by atoms with van der Waals surface area (Å²) in [5.41, 5.74) is 2.35. The average Bonchev–Trinajstić information content (AvgIpc) is 3.14. The first-order valence-corrected chi connectivity index (χ1v) is 8.48. The summed E-state index contributed by atoms with van der Waals surface area (Å²) < 4.78 is 2.17. The van der Waals surface area contributed by atoms with Crippen LogP contribution in [0.5, 0.6) is 0 Å². The predicted octanol–water partition coefficient (Wildman–Crippen LogP) is 1.71. The molecule has 0 radical (unpaired) electrons. The number of halogens is 1. The maximum Gasteiger partial charge on any atom is 0.275 e. The number of quaternary nitrogens is 1. The Labute approximate surface area is 142 Å². The van der Waals surface area contributed by atoms with Gasteiger partial charge in [0.15, 0.2) is 6.54 Å². The van der Waals surface area contributed by atoms with Crippen molar-refractivity contribution in [3.05, 3.63) is 58.9 Å². The number of benzene rings is 1. The van der Waals surface area contributed by atoms with Gasteiger partial charge in [0.1, 0.15) is 6.04 Å². The van der Waals surface area contributed by atoms with Gasteiger partial charge in [0.05, 0.1) is 12.2 Å². The number of carbonyl (C=O) groups is 1. The number of likely N-dealkylation sites (tertiary alicyclic amines) is 1. The van der Waals surface area contributed by atoms with Crippen molar-refractivity contribution in [3.8, 4) is 0 Å². The average molecular weight is 333 g/mol. The minimum Gasteiger partial charge on any atom is -0.350 e. The zero-order valence-electron chi connectivity index (χ0n) is 13.4. The lowest BCUT2D eigenvalue weighted by Gasteiger charge is -2.21. The summed E-state index contributed by atoms with van der Waals surface area (Å²) in [6.07, 6.45) is 4.39. The number of hydrogen-bond acceptors (Lipinski definition) is 1. The van der Waals surface area contributed by atoms with E-state index in [1.165, 1.54) is 17.0 Å². The Hall–Kier alpha value is -1.78. The molecule has 1 saturated heterocycles. The van der Waals surface area contributed by atoms with E-state index in [0.29, 0.717) is 24.2 Å². The molecule has 1 unspecified atom stereocenters. The lowest BCUT2D eigenvalue weighted by atomic mass is 10.1. The molecule has 4 nitrogen and oxygen atoms in total. The number of aromatic nitrogens is 1. The van der Waals surface area contributed by atoms with E-state index in [1.807, 2.05) is 24.3 Å². The molecule has 3 rings (SSSR count). The van der Waals surface area contributed by atoms with Crippen LogP contribution in [-0.4, -0.2) is 23.6 Å². The third-order valence-corrected chi connectivity index (χ3v) is 4.83. The lowest BCUT2D eigenvalue weighted by Crippen LogP contribution is -3.11. The van der Waals surface area contributed by atoms with E-state index in [0.717, 1.165) is 18.5 Å². The van der Waals surface area contributed by atoms with Gasteiger partial charge in [-0.2, -0.15) is 0 Å². The zero-order chi connectivity index (χ0) is 16.2. The molecule has 2 N–H and O–H groups in total. The van der Waals surface area contributed by atoms with Crippen LogP contribution in [0.2, 0.25) is 5.02 Å². The quantitative estimate of drug-likeness (QED) is 0.859. The third-order valence-electron chi connectivity index (χ3n) is 4.59. The molecule has 1 aromatic carbocycles. The van der Waals surface area contributed by atoms with Gasteiger partial charge in [-0.15, -0.1) is 0 Å². The highest BCUT2D eigenvalue weighted by molar-refractivity contribution is 6.30. The van der Waals surface area contributed by atoms with Crippen LogP contribution in [0.1, 0.15) is 30.1 Å². The highest BCUT2D eigenvalue weighted by atomic mass is 35.5. The number of hydrogen-bond donors (Lipinski definition) is 2. The predicted molar refractivity (Wildman–Crippen MR) is 91.4 cm³/mol. The highest BCUT2D eigenvalue weighted by Crippen LogP contribution is 2.18. The Morgan fingerprint density at radius 1 is 1.39 bits per heavy atom. The van der Waals surface area contributed by atoms with Crippen molar-refractivity contribution in [3.63, 3.8) is 0 Å². The van der Waals surface area contributed by atoms with Gasteiger partial charge in [0.25, 0.3) is 5.91 Å². The zero-order valence-corrected chi connectivity index (χ0v) is 14.1. The normalized spacial score (nSPS) is 20.6. The maximum atomic E-state index is 12.3. The Kier molecular flexibility index (Phi) is 5.03. The number of amides is 1. The van der Waals surface area contributed by atoms with Crippen molar-refractivity contribution in [1.82, 2.24) is 9.88 Å². The van der Waals surface area contributed by atoms with Gasteiger partial charge in [-0.05, 0) is 29.8 Å². The summed E-state index contributed by atoms with van der Waals surface area (Å²) in [5.74, 6) is 0.0982. The van der Waals surface area contributed by atoms with Crippen LogP contribution in [0.3, 0.4) is 0 Å². The van der Waals surface area contributed by atoms with Crippen LogP contribution in [0, 0.1) is 0 Å². The second-order valence-electron chi connectivity index (χ2n) is 6.23. The fourth-order valence-electron chi connectivity index (χ4n) is 3.43. The highest BCUT2D eigenvalue weighted by Gasteiger charge is 2.32. The van der Waals surface area contributed by atoms with E-state index in [9.17, 15) is 4.79 Å². The minimum atomic E-state index is 0.0982. The third kappa shape index (κ3) is 3.95. The standard InChI is InChI=1S/C18H22ClN3O/c1-21-9-3-7-16(21)17-8-4-10-22(17)13-18(23)20-12-14-5-2-6-15(19)11-14/h2-3,5-7,9,11,17H,4,8,10,12-13H2,1H3,(H,20,23)/p+1/t17-/m1/s1. The molecule has 5 heteroatoms. The molecule has 1 aliphatic heterocycles. The monoisotopic (exact) mass is 332 g/mol. The molecule has 2 aromatic rings. The lowest BCUT2D eigenvalue weighted by molar-refractivity contribution is -0.911. The molecule has 1 aromatic heterocycles. The van der Waals surface area contributed by atoms with Crippen LogP contribution in [0.25, 0.3) is 0 Å². The number of carbonyl (C=O) groups excluding carboxylic acids is 1. The topological polar surface area (TPSA) is 38.5 Å². The van der Waals surface area contributed by atoms with Gasteiger partial charge >= 0.3 is 0 Å². The summed E-state index contributed by atoms with van der Waals surface area (Å²) in [6, 6.07) is 12.3. The largest absolute Gasteiger partial charge is 0.350 e. The van der Waals surface area contributed by atoms with Crippen LogP contribution < -0.4 is 10.2 Å². The Bertz CT molecular complexity index is 682. The number of nitrogens with one attached hydrogen (secondary N) is 2. The van der Waals surface area contributed by atoms with Crippen LogP contribution in [0.15, 0.2) is 42.6 Å². The number of nitrogens with zero attached hydrogens (tertiary/aromatic N) is 1. The minimum absolute atomic E-state index is 0.0982. The van der Waals surface area contributed by atoms with Crippen LogP contribution >= 0.6 is 11.6 Å². The molecule has 23 heavy (non-hydrogen) atoms. The molecule has 2 heterocycles. The summed E-state index contributed by atoms with van der Waals surface area (Å²) in [5, 5.41) is 3.71. The van der Waals surface area contributed by atoms with E-state index >= 15 is 0 Å². The molecule has 2 atom stereocenters. The van der Waals surface area contributed by atoms with Crippen LogP contribution in [0.4, 0.5) is 0 Å². The molecule has 1 aliphatic rings. The molecule has 0 saturated carbocycles. The smallest absolute Gasteiger partial charge is 0.275 e. The van der Waals surface area contributed by atoms with Crippen molar-refractivity contribution < 1.29 is 9.69 Å². The number of aryl methyl sites for hydroxylation is 1. The first kappa shape index (κ1) is 16.1. The summed E-state index contributed by atoms with van der Waals surface area (Å²) >= 11 is 5.97. The van der Waals surface area contributed by atoms with Crippen LogP contribution in [-0.2, 0) is 18.4 Å². The first-order chi connectivity index (χ1) is 11.1. The number of rotatable bonds is 5. The Balaban J connectivity index is 1.56. The fourth-order valence-corrected chi connectivity index (χ4v) is 3.65. The molecule has 0 bridgehead atoms. The molecule has 0 aliphatic carbocycles.